The molecule has 2 aliphatic rings. The summed E-state index contributed by atoms with van der Waals surface area (Å²) in [4.78, 5) is 58.0. The fourth-order valence-electron chi connectivity index (χ4n) is 3.85. The van der Waals surface area contributed by atoms with Crippen LogP contribution in [0.15, 0.2) is 27.4 Å². The Labute approximate surface area is 215 Å². The van der Waals surface area contributed by atoms with Crippen molar-refractivity contribution in [2.45, 2.75) is 58.2 Å². The van der Waals surface area contributed by atoms with Gasteiger partial charge in [0.2, 0.25) is 0 Å². The molecule has 214 valence electrons. The third-order valence-corrected chi connectivity index (χ3v) is 12.8. The number of ether oxygens (including phenoxy) is 1. The van der Waals surface area contributed by atoms with E-state index in [-0.39, 0.29) is 17.8 Å². The molecule has 1 aromatic rings. The number of carbonyl (C=O) groups is 1. The van der Waals surface area contributed by atoms with E-state index in [1.54, 1.807) is 0 Å². The number of rotatable bonds is 9. The van der Waals surface area contributed by atoms with Crippen LogP contribution in [-0.2, 0) is 42.8 Å². The highest BCUT2D eigenvalue weighted by Gasteiger charge is 2.53. The van der Waals surface area contributed by atoms with E-state index in [0.717, 1.165) is 16.3 Å². The van der Waals surface area contributed by atoms with Gasteiger partial charge in [-0.15, -0.1) is 0 Å². The van der Waals surface area contributed by atoms with Gasteiger partial charge in [-0.3, -0.25) is 28.3 Å². The van der Waals surface area contributed by atoms with Crippen LogP contribution in [0.3, 0.4) is 0 Å². The van der Waals surface area contributed by atoms with Crippen LogP contribution in [0.5, 0.6) is 0 Å². The molecule has 16 nitrogen and oxygen atoms in total. The summed E-state index contributed by atoms with van der Waals surface area (Å²) in [7, 11) is -14.7. The topological polar surface area (TPSA) is 241 Å². The van der Waals surface area contributed by atoms with Crippen LogP contribution in [0.2, 0.25) is 0 Å². The highest BCUT2D eigenvalue weighted by molar-refractivity contribution is 7.81. The van der Waals surface area contributed by atoms with Crippen LogP contribution in [0, 0.1) is 5.92 Å². The molecule has 38 heavy (non-hydrogen) atoms. The monoisotopic (exact) mass is 602 g/mol. The molecular formula is C19H29N2O14P3. The van der Waals surface area contributed by atoms with Gasteiger partial charge < -0.3 is 29.3 Å². The molecule has 5 N–H and O–H groups in total. The molecule has 19 heteroatoms. The fraction of sp³-hybridized carbons (Fsp3) is 0.632. The summed E-state index contributed by atoms with van der Waals surface area (Å²) in [5.41, 5.74) is -0.742. The van der Waals surface area contributed by atoms with Gasteiger partial charge in [0.05, 0.1) is 6.61 Å². The Kier molecular flexibility index (Phi) is 9.40. The van der Waals surface area contributed by atoms with Gasteiger partial charge in [-0.25, -0.2) is 18.0 Å². The summed E-state index contributed by atoms with van der Waals surface area (Å²) in [6, 6.07) is 0. The number of aliphatic hydroxyl groups is 2. The Morgan fingerprint density at radius 3 is 2.42 bits per heavy atom. The van der Waals surface area contributed by atoms with E-state index in [1.165, 1.54) is 6.92 Å². The standard InChI is InChI=1S/C19H29N2O14P3/c1-10(2)4-5-12(11(3)22)6-13-7-21(19(26)20-17(13)25)18-16(24)15(23)14(33-18)8-32-37(29)9-36(27,28)34-38(30,31)35-37/h4,7,12,14-16,18,23-24H,5-6,8-9H2,1-3H3,(H,27,28)(H,30,31)(H,20,25,26)/t12?,14-,15?,16+,18-,37?/m1/s1. The lowest BCUT2D eigenvalue weighted by Gasteiger charge is -2.28. The predicted octanol–water partition coefficient (Wildman–Crippen LogP) is 0.760. The van der Waals surface area contributed by atoms with E-state index in [0.29, 0.717) is 6.42 Å². The first-order valence-electron chi connectivity index (χ1n) is 11.2. The van der Waals surface area contributed by atoms with Gasteiger partial charge in [0.15, 0.2) is 12.1 Å². The minimum Gasteiger partial charge on any atom is -0.387 e. The largest absolute Gasteiger partial charge is 0.486 e. The van der Waals surface area contributed by atoms with Gasteiger partial charge in [0.25, 0.3) is 5.56 Å². The molecule has 2 saturated heterocycles. The third-order valence-electron chi connectivity index (χ3n) is 5.75. The normalized spacial score (nSPS) is 36.1. The van der Waals surface area contributed by atoms with Crippen LogP contribution < -0.4 is 11.2 Å². The maximum Gasteiger partial charge on any atom is 0.486 e. The number of aromatic amines is 1. The molecular weight excluding hydrogens is 573 g/mol. The first-order chi connectivity index (χ1) is 17.4. The first-order valence-corrected chi connectivity index (χ1v) is 16.2. The Bertz CT molecular complexity index is 1340. The molecule has 3 rings (SSSR count). The molecule has 0 aliphatic carbocycles. The third kappa shape index (κ3) is 7.56. The number of aliphatic hydroxyl groups excluding tert-OH is 2. The molecule has 1 aromatic heterocycles. The lowest BCUT2D eigenvalue weighted by molar-refractivity contribution is -0.120. The molecule has 2 fully saturated rings. The molecule has 3 heterocycles. The highest BCUT2D eigenvalue weighted by atomic mass is 31.3. The maximum absolute atomic E-state index is 12.6. The Hall–Kier alpha value is -1.54. The number of hydrogen-bond donors (Lipinski definition) is 5. The summed E-state index contributed by atoms with van der Waals surface area (Å²) >= 11 is 0. The fourth-order valence-corrected chi connectivity index (χ4v) is 10.8. The summed E-state index contributed by atoms with van der Waals surface area (Å²) in [5.74, 6) is -2.01. The minimum atomic E-state index is -5.19. The molecule has 0 spiro atoms. The van der Waals surface area contributed by atoms with E-state index in [2.05, 4.69) is 13.6 Å². The molecule has 0 saturated carbocycles. The van der Waals surface area contributed by atoms with Gasteiger partial charge in [0.1, 0.15) is 24.1 Å². The smallest absolute Gasteiger partial charge is 0.387 e. The van der Waals surface area contributed by atoms with Crippen LogP contribution in [-0.4, -0.2) is 66.2 Å². The SMILES string of the molecule is CC(=O)C(CC=C(C)C)Cc1cn([C@@H]2O[C@H](COP3(=O)CP(=O)(O)OP(=O)(O)O3)C(O)[C@@H]2O)c(=O)[nH]c1=O. The number of nitrogens with zero attached hydrogens (tertiary/aromatic N) is 1. The Morgan fingerprint density at radius 2 is 1.84 bits per heavy atom. The number of aromatic nitrogens is 2. The van der Waals surface area contributed by atoms with Crippen LogP contribution in [0.4, 0.5) is 0 Å². The second-order valence-corrected chi connectivity index (χ2v) is 15.3. The summed E-state index contributed by atoms with van der Waals surface area (Å²) in [6.07, 6.45) is -3.33. The number of ketones is 1. The van der Waals surface area contributed by atoms with Crippen molar-refractivity contribution >= 4 is 28.8 Å². The van der Waals surface area contributed by atoms with Gasteiger partial charge in [-0.05, 0) is 33.6 Å². The van der Waals surface area contributed by atoms with Gasteiger partial charge in [-0.1, -0.05) is 11.6 Å². The second-order valence-electron chi connectivity index (χ2n) is 9.21. The van der Waals surface area contributed by atoms with Crippen molar-refractivity contribution in [1.29, 1.82) is 0 Å². The maximum atomic E-state index is 12.6. The number of H-pyrrole nitrogens is 1. The Morgan fingerprint density at radius 1 is 1.18 bits per heavy atom. The molecule has 8 atom stereocenters. The van der Waals surface area contributed by atoms with E-state index in [9.17, 15) is 48.1 Å². The van der Waals surface area contributed by atoms with Gasteiger partial charge in [-0.2, -0.15) is 0 Å². The van der Waals surface area contributed by atoms with Crippen LogP contribution >= 0.6 is 23.0 Å². The van der Waals surface area contributed by atoms with Crippen molar-refractivity contribution in [3.05, 3.63) is 44.2 Å². The molecule has 0 aromatic carbocycles. The average molecular weight is 602 g/mol. The molecule has 2 aliphatic heterocycles. The predicted molar refractivity (Wildman–Crippen MR) is 129 cm³/mol. The van der Waals surface area contributed by atoms with Crippen molar-refractivity contribution in [1.82, 2.24) is 9.55 Å². The molecule has 0 amide bonds. The van der Waals surface area contributed by atoms with Crippen molar-refractivity contribution < 1.29 is 56.4 Å². The second kappa shape index (κ2) is 11.5. The molecule has 0 radical (unpaired) electrons. The number of hydrogen-bond acceptors (Lipinski definition) is 12. The van der Waals surface area contributed by atoms with E-state index in [1.807, 2.05) is 19.9 Å². The van der Waals surface area contributed by atoms with Gasteiger partial charge in [0, 0.05) is 17.7 Å². The zero-order valence-electron chi connectivity index (χ0n) is 20.5. The number of Topliss-reactive ketones (excluding diaryl/α,β-unsaturated/α-hetero) is 1. The zero-order valence-corrected chi connectivity index (χ0v) is 23.2. The number of allylic oxidation sites excluding steroid dienone is 2. The van der Waals surface area contributed by atoms with Crippen molar-refractivity contribution in [3.8, 4) is 0 Å². The lowest BCUT2D eigenvalue weighted by atomic mass is 9.93. The number of carbonyl (C=O) groups excluding carboxylic acids is 1. The highest BCUT2D eigenvalue weighted by Crippen LogP contribution is 2.78. The van der Waals surface area contributed by atoms with E-state index < -0.39 is 77.2 Å². The van der Waals surface area contributed by atoms with Crippen LogP contribution in [0.25, 0.3) is 0 Å². The zero-order chi connectivity index (χ0) is 28.6. The van der Waals surface area contributed by atoms with Crippen molar-refractivity contribution in [2.24, 2.45) is 5.92 Å². The minimum absolute atomic E-state index is 0.0301. The average Bonchev–Trinajstić information content (AvgIpc) is 3.02. The summed E-state index contributed by atoms with van der Waals surface area (Å²) in [6.45, 7) is 4.22. The van der Waals surface area contributed by atoms with Crippen molar-refractivity contribution in [2.75, 3.05) is 12.5 Å². The summed E-state index contributed by atoms with van der Waals surface area (Å²) < 4.78 is 55.6. The molecule has 5 unspecified atom stereocenters. The van der Waals surface area contributed by atoms with Crippen molar-refractivity contribution in [3.63, 3.8) is 0 Å². The van der Waals surface area contributed by atoms with E-state index in [4.69, 9.17) is 9.26 Å². The van der Waals surface area contributed by atoms with E-state index >= 15 is 0 Å². The quantitative estimate of drug-likeness (QED) is 0.194. The first kappa shape index (κ1) is 31.0. The van der Waals surface area contributed by atoms with Crippen LogP contribution in [0.1, 0.15) is 39.0 Å². The Balaban J connectivity index is 1.80. The number of nitrogens with one attached hydrogen (secondary N) is 1. The lowest BCUT2D eigenvalue weighted by Crippen LogP contribution is -2.39. The molecule has 0 bridgehead atoms. The van der Waals surface area contributed by atoms with Gasteiger partial charge >= 0.3 is 28.7 Å². The number of phosphoric acid groups is 1. The summed E-state index contributed by atoms with van der Waals surface area (Å²) in [5, 5.41) is 20.9.